The van der Waals surface area contributed by atoms with Crippen LogP contribution in [0.25, 0.3) is 0 Å². The van der Waals surface area contributed by atoms with Crippen LogP contribution in [0.4, 0.5) is 28.9 Å². The fourth-order valence-electron chi connectivity index (χ4n) is 7.83. The van der Waals surface area contributed by atoms with Gasteiger partial charge in [-0.05, 0) is 105 Å². The summed E-state index contributed by atoms with van der Waals surface area (Å²) in [7, 11) is 0. The van der Waals surface area contributed by atoms with Crippen LogP contribution in [0.3, 0.4) is 0 Å². The number of carbonyl (C=O) groups excluding carboxylic acids is 4. The molecular weight excluding hydrogens is 791 g/mol. The summed E-state index contributed by atoms with van der Waals surface area (Å²) in [5.74, 6) is -1.51. The highest BCUT2D eigenvalue weighted by Crippen LogP contribution is 2.40. The molecule has 3 fully saturated rings. The Hall–Kier alpha value is -5.31. The van der Waals surface area contributed by atoms with E-state index in [4.69, 9.17) is 17.0 Å². The first-order valence-electron chi connectivity index (χ1n) is 19.4. The van der Waals surface area contributed by atoms with E-state index < -0.39 is 40.6 Å². The van der Waals surface area contributed by atoms with Crippen molar-refractivity contribution in [2.45, 2.75) is 77.6 Å². The van der Waals surface area contributed by atoms with Crippen molar-refractivity contribution in [2.24, 2.45) is 5.92 Å². The van der Waals surface area contributed by atoms with Crippen LogP contribution < -0.4 is 19.9 Å². The lowest BCUT2D eigenvalue weighted by Gasteiger charge is -2.37. The van der Waals surface area contributed by atoms with Crippen LogP contribution in [0.15, 0.2) is 48.7 Å². The van der Waals surface area contributed by atoms with Gasteiger partial charge in [0.25, 0.3) is 5.91 Å². The second-order valence-electron chi connectivity index (χ2n) is 15.5. The first-order chi connectivity index (χ1) is 27.9. The van der Waals surface area contributed by atoms with E-state index in [0.29, 0.717) is 80.8 Å². The predicted molar refractivity (Wildman–Crippen MR) is 214 cm³/mol. The van der Waals surface area contributed by atoms with Gasteiger partial charge >= 0.3 is 6.18 Å². The molecule has 1 N–H and O–H groups in total. The molecule has 2 atom stereocenters. The Morgan fingerprint density at radius 3 is 2.44 bits per heavy atom. The van der Waals surface area contributed by atoms with Gasteiger partial charge in [0.15, 0.2) is 16.6 Å². The number of nitrogens with zero attached hydrogens (tertiary/aromatic N) is 6. The number of hydrogen-bond donors (Lipinski definition) is 1. The number of halogens is 4. The summed E-state index contributed by atoms with van der Waals surface area (Å²) < 4.78 is 62.0. The monoisotopic (exact) mass is 835 g/mol. The summed E-state index contributed by atoms with van der Waals surface area (Å²) in [4.78, 5) is 61.3. The maximum atomic E-state index is 14.6. The lowest BCUT2D eigenvalue weighted by Crippen LogP contribution is -2.52. The van der Waals surface area contributed by atoms with Crippen LogP contribution in [0.5, 0.6) is 5.75 Å². The van der Waals surface area contributed by atoms with Crippen LogP contribution in [-0.2, 0) is 44.6 Å². The van der Waals surface area contributed by atoms with Crippen LogP contribution in [0, 0.1) is 23.1 Å². The second kappa shape index (κ2) is 17.5. The number of piperazine rings is 1. The van der Waals surface area contributed by atoms with E-state index in [0.717, 1.165) is 16.7 Å². The van der Waals surface area contributed by atoms with Crippen molar-refractivity contribution < 1.29 is 41.5 Å². The molecule has 0 aliphatic carbocycles. The van der Waals surface area contributed by atoms with Crippen LogP contribution in [0.2, 0.25) is 0 Å². The lowest BCUT2D eigenvalue weighted by molar-refractivity contribution is -0.138. The molecule has 4 heterocycles. The molecule has 3 saturated heterocycles. The summed E-state index contributed by atoms with van der Waals surface area (Å²) >= 11 is 5.68. The Balaban J connectivity index is 1.02. The lowest BCUT2D eigenvalue weighted by atomic mass is 9.90. The zero-order valence-electron chi connectivity index (χ0n) is 33.2. The van der Waals surface area contributed by atoms with Crippen molar-refractivity contribution in [1.29, 1.82) is 5.26 Å². The van der Waals surface area contributed by atoms with Crippen molar-refractivity contribution in [3.05, 3.63) is 82.4 Å². The molecule has 6 rings (SSSR count). The quantitative estimate of drug-likeness (QED) is 0.135. The van der Waals surface area contributed by atoms with E-state index in [1.165, 1.54) is 18.2 Å². The number of Topliss-reactive ketones (excluding diaryl/α,β-unsaturated/α-hetero) is 1. The number of rotatable bonds is 13. The predicted octanol–water partition coefficient (Wildman–Crippen LogP) is 5.38. The molecule has 0 bridgehead atoms. The van der Waals surface area contributed by atoms with Crippen LogP contribution >= 0.6 is 12.2 Å². The molecule has 3 amide bonds. The maximum Gasteiger partial charge on any atom is 0.419 e. The average molecular weight is 836 g/mol. The fraction of sp³-hybridized carbons (Fsp3) is 0.452. The Bertz CT molecular complexity index is 2200. The summed E-state index contributed by atoms with van der Waals surface area (Å²) in [6.45, 7) is 10.8. The number of carbonyl (C=O) groups is 4. The second-order valence-corrected chi connectivity index (χ2v) is 15.9. The SMILES string of the molecule is CCc1cc(N2C(=S)N(c3cnc(C#N)c(C(F)(F)F)c3)C(=O)C2(C)C)ccc1OCCN1CCN([C@H](C)C(=O)Cc2cc(F)cc(CC3CCC(=O)NC3=O)c2)CC1. The Labute approximate surface area is 345 Å². The van der Waals surface area contributed by atoms with Crippen molar-refractivity contribution in [1.82, 2.24) is 20.1 Å². The van der Waals surface area contributed by atoms with E-state index >= 15 is 0 Å². The Morgan fingerprint density at radius 1 is 1.07 bits per heavy atom. The van der Waals surface area contributed by atoms with Gasteiger partial charge < -0.3 is 9.64 Å². The van der Waals surface area contributed by atoms with Crippen molar-refractivity contribution in [3.63, 3.8) is 0 Å². The third-order valence-electron chi connectivity index (χ3n) is 11.2. The van der Waals surface area contributed by atoms with Gasteiger partial charge in [-0.15, -0.1) is 0 Å². The van der Waals surface area contributed by atoms with E-state index in [-0.39, 0.29) is 53.7 Å². The molecule has 3 aromatic rings. The molecule has 59 heavy (non-hydrogen) atoms. The van der Waals surface area contributed by atoms with Gasteiger partial charge in [-0.25, -0.2) is 9.37 Å². The minimum absolute atomic E-state index is 0.0318. The molecule has 3 aliphatic rings. The maximum absolute atomic E-state index is 14.6. The number of alkyl halides is 3. The van der Waals surface area contributed by atoms with Crippen molar-refractivity contribution >= 4 is 52.2 Å². The Kier molecular flexibility index (Phi) is 12.8. The van der Waals surface area contributed by atoms with Gasteiger partial charge in [-0.3, -0.25) is 39.2 Å². The molecular formula is C42H45F4N7O5S. The number of hydrogen-bond acceptors (Lipinski definition) is 10. The van der Waals surface area contributed by atoms with Crippen LogP contribution in [-0.4, -0.2) is 94.3 Å². The summed E-state index contributed by atoms with van der Waals surface area (Å²) in [5.41, 5.74) is -0.960. The standard InChI is InChI=1S/C42H45F4N7O5S/c1-5-28-21-31(53-40(59)52(39(57)41(53,3)4)32-22-33(42(44,45)46)34(23-47)48-24-32)7-8-36(28)58-15-14-50-10-12-51(13-11-50)25(2)35(54)20-27-16-26(18-30(43)19-27)17-29-6-9-37(55)49-38(29)56/h7-8,16,18-19,21-22,24-25,29H,5-6,9-15,17,20H2,1-4H3,(H,49,55,56)/t25-,29?/m1/s1. The number of nitriles is 1. The molecule has 3 aliphatic heterocycles. The average Bonchev–Trinajstić information content (AvgIpc) is 3.36. The zero-order chi connectivity index (χ0) is 42.8. The highest BCUT2D eigenvalue weighted by molar-refractivity contribution is 7.81. The number of aromatic nitrogens is 1. The summed E-state index contributed by atoms with van der Waals surface area (Å²) in [6, 6.07) is 11.6. The van der Waals surface area contributed by atoms with E-state index in [9.17, 15) is 42.0 Å². The van der Waals surface area contributed by atoms with E-state index in [1.54, 1.807) is 36.9 Å². The van der Waals surface area contributed by atoms with Gasteiger partial charge in [0.05, 0.1) is 23.5 Å². The number of thiocarbonyl (C=S) groups is 1. The minimum atomic E-state index is -4.86. The molecule has 17 heteroatoms. The normalized spacial score (nSPS) is 19.5. The van der Waals surface area contributed by atoms with Gasteiger partial charge in [-0.2, -0.15) is 18.4 Å². The van der Waals surface area contributed by atoms with Crippen LogP contribution in [0.1, 0.15) is 68.5 Å². The molecule has 1 aromatic heterocycles. The van der Waals surface area contributed by atoms with Gasteiger partial charge in [0.1, 0.15) is 29.8 Å². The van der Waals surface area contributed by atoms with E-state index in [1.807, 2.05) is 19.9 Å². The number of imide groups is 1. The molecule has 1 unspecified atom stereocenters. The first kappa shape index (κ1) is 43.3. The minimum Gasteiger partial charge on any atom is -0.492 e. The molecule has 2 aromatic carbocycles. The smallest absolute Gasteiger partial charge is 0.419 e. The largest absolute Gasteiger partial charge is 0.492 e. The third kappa shape index (κ3) is 9.45. The van der Waals surface area contributed by atoms with Crippen molar-refractivity contribution in [2.75, 3.05) is 49.1 Å². The third-order valence-corrected chi connectivity index (χ3v) is 11.6. The molecule has 0 spiro atoms. The van der Waals surface area contributed by atoms with Crippen molar-refractivity contribution in [3.8, 4) is 11.8 Å². The topological polar surface area (TPSA) is 139 Å². The Morgan fingerprint density at radius 2 is 1.78 bits per heavy atom. The number of ether oxygens (including phenoxy) is 1. The number of amides is 3. The van der Waals surface area contributed by atoms with E-state index in [2.05, 4.69) is 20.1 Å². The molecule has 0 radical (unpaired) electrons. The van der Waals surface area contributed by atoms with Gasteiger partial charge in [-0.1, -0.05) is 13.0 Å². The summed E-state index contributed by atoms with van der Waals surface area (Å²) in [5, 5.41) is 11.5. The highest BCUT2D eigenvalue weighted by atomic mass is 32.1. The number of aryl methyl sites for hydroxylation is 1. The fourth-order valence-corrected chi connectivity index (χ4v) is 8.35. The molecule has 12 nitrogen and oxygen atoms in total. The molecule has 0 saturated carbocycles. The number of anilines is 2. The summed E-state index contributed by atoms with van der Waals surface area (Å²) in [6.07, 6.45) is -2.26. The van der Waals surface area contributed by atoms with Gasteiger partial charge in [0.2, 0.25) is 11.8 Å². The first-order valence-corrected chi connectivity index (χ1v) is 19.8. The number of pyridine rings is 1. The highest BCUT2D eigenvalue weighted by Gasteiger charge is 2.51. The number of benzene rings is 2. The number of piperidine rings is 1. The zero-order valence-corrected chi connectivity index (χ0v) is 34.0. The van der Waals surface area contributed by atoms with Gasteiger partial charge in [0, 0.05) is 57.2 Å². The number of ketones is 1. The number of nitrogens with one attached hydrogen (secondary N) is 1. The molecule has 312 valence electrons.